The molecule has 0 fully saturated rings. The first-order chi connectivity index (χ1) is 7.50. The molecule has 0 unspecified atom stereocenters. The molecule has 0 saturated carbocycles. The summed E-state index contributed by atoms with van der Waals surface area (Å²) in [6, 6.07) is 30.0. The quantitative estimate of drug-likeness (QED) is 0.522. The van der Waals surface area contributed by atoms with Crippen LogP contribution in [0.15, 0.2) is 91.0 Å². The van der Waals surface area contributed by atoms with Crippen LogP contribution < -0.4 is 12.4 Å². The molecule has 0 heterocycles. The molecule has 0 bridgehead atoms. The molecule has 0 aliphatic heterocycles. The Morgan fingerprint density at radius 1 is 0.412 bits per heavy atom. The van der Waals surface area contributed by atoms with E-state index in [1.807, 2.05) is 91.0 Å². The molecule has 17 heavy (non-hydrogen) atoms. The van der Waals surface area contributed by atoms with Crippen LogP contribution in [0.1, 0.15) is 0 Å². The van der Waals surface area contributed by atoms with E-state index in [9.17, 15) is 0 Å². The number of hydrogen-bond acceptors (Lipinski definition) is 0. The van der Waals surface area contributed by atoms with Crippen molar-refractivity contribution < 1.29 is 54.2 Å². The molecule has 0 nitrogen and oxygen atoms in total. The van der Waals surface area contributed by atoms with Crippen molar-refractivity contribution in [3.63, 3.8) is 0 Å². The van der Waals surface area contributed by atoms with Crippen LogP contribution in [-0.4, -0.2) is 0 Å². The van der Waals surface area contributed by atoms with Crippen LogP contribution in [0.3, 0.4) is 0 Å². The Morgan fingerprint density at radius 3 is 0.647 bits per heavy atom. The van der Waals surface area contributed by atoms with Gasteiger partial charge >= 0.3 is 41.7 Å². The van der Waals surface area contributed by atoms with Crippen molar-refractivity contribution in [2.24, 2.45) is 0 Å². The second-order valence-electron chi connectivity index (χ2n) is 2.89. The van der Waals surface area contributed by atoms with Crippen LogP contribution in [0.25, 0.3) is 0 Å². The monoisotopic (exact) mass is 370 g/mol. The van der Waals surface area contributed by atoms with Gasteiger partial charge in [-0.2, -0.15) is 54.6 Å². The van der Waals surface area contributed by atoms with Crippen molar-refractivity contribution in [2.75, 3.05) is 0 Å². The third kappa shape index (κ3) is 13.7. The second kappa shape index (κ2) is 15.7. The molecule has 0 aliphatic carbocycles. The van der Waals surface area contributed by atoms with Gasteiger partial charge in [-0.3, -0.25) is 0 Å². The summed E-state index contributed by atoms with van der Waals surface area (Å²) in [6.45, 7) is 0. The molecule has 3 rings (SSSR count). The zero-order valence-corrected chi connectivity index (χ0v) is 13.4. The third-order valence-corrected chi connectivity index (χ3v) is 1.67. The molecule has 0 spiro atoms. The first kappa shape index (κ1) is 19.1. The van der Waals surface area contributed by atoms with Gasteiger partial charge in [0.25, 0.3) is 0 Å². The molecule has 0 atom stereocenters. The van der Waals surface area contributed by atoms with E-state index in [0.717, 1.165) is 0 Å². The fourth-order valence-corrected chi connectivity index (χ4v) is 0.962. The molecule has 0 N–H and O–H groups in total. The fourth-order valence-electron chi connectivity index (χ4n) is 0.962. The topological polar surface area (TPSA) is 0 Å². The van der Waals surface area contributed by atoms with Crippen molar-refractivity contribution in [1.29, 1.82) is 0 Å². The SMILES string of the molecule is [Ce+4].[Cl-].c1cc[cH-]c1.c1cc[cH-]c1.c1cc[cH-]c1. The van der Waals surface area contributed by atoms with Gasteiger partial charge in [-0.1, -0.05) is 0 Å². The average molecular weight is 371 g/mol. The normalized spacial score (nSPS) is 7.06. The molecular weight excluding hydrogens is 356 g/mol. The van der Waals surface area contributed by atoms with E-state index in [2.05, 4.69) is 0 Å². The number of halogens is 1. The first-order valence-electron chi connectivity index (χ1n) is 5.00. The molecule has 3 aromatic carbocycles. The van der Waals surface area contributed by atoms with Crippen LogP contribution in [0.2, 0.25) is 0 Å². The maximum absolute atomic E-state index is 2.00. The van der Waals surface area contributed by atoms with E-state index >= 15 is 0 Å². The van der Waals surface area contributed by atoms with Gasteiger partial charge in [0.15, 0.2) is 0 Å². The summed E-state index contributed by atoms with van der Waals surface area (Å²) < 4.78 is 0. The van der Waals surface area contributed by atoms with Gasteiger partial charge in [0.05, 0.1) is 0 Å². The van der Waals surface area contributed by atoms with E-state index in [1.165, 1.54) is 0 Å². The maximum atomic E-state index is 2.00. The molecule has 0 radical (unpaired) electrons. The van der Waals surface area contributed by atoms with Crippen molar-refractivity contribution in [3.05, 3.63) is 91.0 Å². The van der Waals surface area contributed by atoms with Gasteiger partial charge in [-0.25, -0.2) is 36.4 Å². The Kier molecular flexibility index (Phi) is 17.6. The molecule has 0 aromatic heterocycles. The fraction of sp³-hybridized carbons (Fsp3) is 0. The summed E-state index contributed by atoms with van der Waals surface area (Å²) in [5.41, 5.74) is 0. The minimum atomic E-state index is 0. The summed E-state index contributed by atoms with van der Waals surface area (Å²) in [6.07, 6.45) is 0. The van der Waals surface area contributed by atoms with Gasteiger partial charge in [-0.15, -0.1) is 0 Å². The zero-order valence-electron chi connectivity index (χ0n) is 9.54. The molecule has 0 aliphatic rings. The van der Waals surface area contributed by atoms with E-state index in [-0.39, 0.29) is 54.2 Å². The Bertz CT molecular complexity index is 243. The molecular formula is C15H15CeCl. The summed E-state index contributed by atoms with van der Waals surface area (Å²) in [4.78, 5) is 0. The summed E-state index contributed by atoms with van der Waals surface area (Å²) in [7, 11) is 0. The van der Waals surface area contributed by atoms with E-state index in [1.54, 1.807) is 0 Å². The maximum Gasteiger partial charge on any atom is 4.00 e. The molecule has 0 amide bonds. The van der Waals surface area contributed by atoms with E-state index in [0.29, 0.717) is 0 Å². The second-order valence-corrected chi connectivity index (χ2v) is 2.89. The summed E-state index contributed by atoms with van der Waals surface area (Å²) in [5, 5.41) is 0. The van der Waals surface area contributed by atoms with Gasteiger partial charge < -0.3 is 12.4 Å². The van der Waals surface area contributed by atoms with Gasteiger partial charge in [-0.05, 0) is 0 Å². The smallest absolute Gasteiger partial charge is 1.00 e. The minimum Gasteiger partial charge on any atom is -1.00 e. The van der Waals surface area contributed by atoms with E-state index in [4.69, 9.17) is 0 Å². The Labute approximate surface area is 144 Å². The van der Waals surface area contributed by atoms with Crippen molar-refractivity contribution >= 4 is 0 Å². The van der Waals surface area contributed by atoms with Gasteiger partial charge in [0.1, 0.15) is 0 Å². The predicted molar refractivity (Wildman–Crippen MR) is 66.1 cm³/mol. The number of rotatable bonds is 0. The zero-order chi connectivity index (χ0) is 10.6. The van der Waals surface area contributed by atoms with Crippen molar-refractivity contribution in [2.45, 2.75) is 0 Å². The molecule has 0 saturated heterocycles. The van der Waals surface area contributed by atoms with Crippen LogP contribution in [-0.2, 0) is 0 Å². The Morgan fingerprint density at radius 2 is 0.588 bits per heavy atom. The summed E-state index contributed by atoms with van der Waals surface area (Å²) >= 11 is 0. The van der Waals surface area contributed by atoms with Crippen LogP contribution in [0.5, 0.6) is 0 Å². The Hall–Kier alpha value is -0.283. The first-order valence-corrected chi connectivity index (χ1v) is 5.00. The van der Waals surface area contributed by atoms with Crippen LogP contribution >= 0.6 is 0 Å². The molecule has 3 aromatic rings. The molecule has 86 valence electrons. The van der Waals surface area contributed by atoms with Crippen LogP contribution in [0.4, 0.5) is 0 Å². The molecule has 2 heteroatoms. The Balaban J connectivity index is 0. The largest absolute Gasteiger partial charge is 4.00 e. The van der Waals surface area contributed by atoms with Crippen molar-refractivity contribution in [1.82, 2.24) is 0 Å². The summed E-state index contributed by atoms with van der Waals surface area (Å²) in [5.74, 6) is 0. The standard InChI is InChI=1S/3C5H5.Ce.ClH/c3*1-2-4-5-3-1;;/h3*1-5H;;1H/q3*-1;+4;/p-1. The van der Waals surface area contributed by atoms with Gasteiger partial charge in [0.2, 0.25) is 0 Å². The van der Waals surface area contributed by atoms with Crippen LogP contribution in [0, 0.1) is 41.7 Å². The van der Waals surface area contributed by atoms with E-state index < -0.39 is 0 Å². The van der Waals surface area contributed by atoms with Gasteiger partial charge in [0, 0.05) is 0 Å². The van der Waals surface area contributed by atoms with Crippen molar-refractivity contribution in [3.8, 4) is 0 Å². The predicted octanol–water partition coefficient (Wildman–Crippen LogP) is 1.22. The third-order valence-electron chi connectivity index (χ3n) is 1.67. The minimum absolute atomic E-state index is 0. The number of hydrogen-bond donors (Lipinski definition) is 0. The average Bonchev–Trinajstić information content (AvgIpc) is 3.09.